The van der Waals surface area contributed by atoms with Gasteiger partial charge < -0.3 is 4.74 Å². The molecule has 7 heteroatoms. The first-order chi connectivity index (χ1) is 13.3. The molecule has 0 saturated carbocycles. The molecule has 3 aromatic rings. The molecule has 3 rings (SSSR count). The van der Waals surface area contributed by atoms with E-state index in [0.29, 0.717) is 16.7 Å². The van der Waals surface area contributed by atoms with Gasteiger partial charge in [0.15, 0.2) is 5.78 Å². The number of thioether (sulfide) groups is 1. The third-order valence-electron chi connectivity index (χ3n) is 4.83. The van der Waals surface area contributed by atoms with Gasteiger partial charge in [0.25, 0.3) is 0 Å². The van der Waals surface area contributed by atoms with Crippen molar-refractivity contribution in [2.45, 2.75) is 45.5 Å². The van der Waals surface area contributed by atoms with E-state index >= 15 is 0 Å². The summed E-state index contributed by atoms with van der Waals surface area (Å²) in [4.78, 5) is 12.1. The Morgan fingerprint density at radius 1 is 1.14 bits per heavy atom. The molecule has 1 heterocycles. The molecule has 0 N–H and O–H groups in total. The Kier molecular flexibility index (Phi) is 5.84. The van der Waals surface area contributed by atoms with Crippen LogP contribution < -0.4 is 4.74 Å². The highest BCUT2D eigenvalue weighted by molar-refractivity contribution is 7.98. The predicted octanol–water partition coefficient (Wildman–Crippen LogP) is 4.40. The lowest BCUT2D eigenvalue weighted by Gasteiger charge is -2.16. The average molecular weight is 397 g/mol. The van der Waals surface area contributed by atoms with E-state index in [0.717, 1.165) is 33.5 Å². The minimum absolute atomic E-state index is 0.0931. The second-order valence-corrected chi connectivity index (χ2v) is 7.82. The highest BCUT2D eigenvalue weighted by atomic mass is 32.2. The first-order valence-electron chi connectivity index (χ1n) is 9.00. The summed E-state index contributed by atoms with van der Waals surface area (Å²) in [6, 6.07) is 7.97. The average Bonchev–Trinajstić information content (AvgIpc) is 3.09. The van der Waals surface area contributed by atoms with Crippen molar-refractivity contribution in [2.24, 2.45) is 0 Å². The Morgan fingerprint density at radius 2 is 1.89 bits per heavy atom. The van der Waals surface area contributed by atoms with E-state index in [2.05, 4.69) is 28.5 Å². The summed E-state index contributed by atoms with van der Waals surface area (Å²) in [5, 5.41) is 12.9. The van der Waals surface area contributed by atoms with Gasteiger partial charge in [0.2, 0.25) is 5.16 Å². The predicted molar refractivity (Wildman–Crippen MR) is 111 cm³/mol. The van der Waals surface area contributed by atoms with Crippen LogP contribution in [0.15, 0.2) is 29.4 Å². The normalized spacial score (nSPS) is 10.9. The van der Waals surface area contributed by atoms with Gasteiger partial charge in [-0.15, -0.1) is 5.10 Å². The smallest absolute Gasteiger partial charge is 0.214 e. The summed E-state index contributed by atoms with van der Waals surface area (Å²) in [5.41, 5.74) is 7.07. The van der Waals surface area contributed by atoms with Crippen LogP contribution in [0, 0.1) is 27.7 Å². The van der Waals surface area contributed by atoms with Gasteiger partial charge in [0.05, 0.1) is 7.11 Å². The number of Topliss-reactive ketones (excluding diaryl/α,β-unsaturated/α-hetero) is 1. The zero-order valence-electron chi connectivity index (χ0n) is 17.0. The number of nitrogens with zero attached hydrogens (tertiary/aromatic N) is 4. The number of rotatable bonds is 6. The third-order valence-corrected chi connectivity index (χ3v) is 5.78. The van der Waals surface area contributed by atoms with Gasteiger partial charge in [-0.1, -0.05) is 23.9 Å². The van der Waals surface area contributed by atoms with Crippen LogP contribution >= 0.6 is 11.8 Å². The van der Waals surface area contributed by atoms with E-state index in [1.807, 2.05) is 39.0 Å². The Bertz CT molecular complexity index is 1040. The lowest BCUT2D eigenvalue weighted by molar-refractivity contribution is 0.101. The molecule has 0 radical (unpaired) electrons. The quantitative estimate of drug-likeness (QED) is 0.454. The fourth-order valence-corrected chi connectivity index (χ4v) is 4.58. The first-order valence-corrected chi connectivity index (χ1v) is 9.98. The highest BCUT2D eigenvalue weighted by Gasteiger charge is 2.17. The van der Waals surface area contributed by atoms with Crippen molar-refractivity contribution in [3.8, 4) is 11.4 Å². The molecule has 146 valence electrons. The van der Waals surface area contributed by atoms with Crippen LogP contribution in [0.25, 0.3) is 5.69 Å². The van der Waals surface area contributed by atoms with E-state index in [1.54, 1.807) is 30.5 Å². The minimum Gasteiger partial charge on any atom is -0.494 e. The number of carbonyl (C=O) groups is 1. The molecule has 2 aromatic carbocycles. The number of methoxy groups -OCH3 is 1. The summed E-state index contributed by atoms with van der Waals surface area (Å²) in [6.45, 7) is 9.71. The van der Waals surface area contributed by atoms with Crippen molar-refractivity contribution in [3.63, 3.8) is 0 Å². The number of hydrogen-bond acceptors (Lipinski definition) is 6. The van der Waals surface area contributed by atoms with Gasteiger partial charge >= 0.3 is 0 Å². The molecule has 0 atom stereocenters. The Hall–Kier alpha value is -2.67. The maximum atomic E-state index is 12.1. The van der Waals surface area contributed by atoms with Crippen LogP contribution in [0.4, 0.5) is 0 Å². The third kappa shape index (κ3) is 3.80. The Labute approximate surface area is 169 Å². The molecule has 0 aliphatic carbocycles. The van der Waals surface area contributed by atoms with Gasteiger partial charge in [-0.2, -0.15) is 4.68 Å². The number of aryl methyl sites for hydroxylation is 3. The number of aromatic nitrogens is 4. The topological polar surface area (TPSA) is 69.9 Å². The second kappa shape index (κ2) is 8.14. The molecule has 0 unspecified atom stereocenters. The molecule has 0 spiro atoms. The number of ether oxygens (including phenoxy) is 1. The SMILES string of the molecule is COc1ccc(C)cc1-n1nnnc1SCc1c(C)cc(C)c(C(C)=O)c1C. The fourth-order valence-electron chi connectivity index (χ4n) is 3.51. The second-order valence-electron chi connectivity index (χ2n) is 6.88. The van der Waals surface area contributed by atoms with Crippen LogP contribution in [0.1, 0.15) is 45.1 Å². The minimum atomic E-state index is 0.0931. The Morgan fingerprint density at radius 3 is 2.57 bits per heavy atom. The molecule has 0 fully saturated rings. The molecule has 28 heavy (non-hydrogen) atoms. The van der Waals surface area contributed by atoms with Crippen LogP contribution in [0.3, 0.4) is 0 Å². The first kappa shape index (κ1) is 20.1. The van der Waals surface area contributed by atoms with Gasteiger partial charge in [-0.05, 0) is 85.0 Å². The molecule has 0 aliphatic rings. The summed E-state index contributed by atoms with van der Waals surface area (Å²) < 4.78 is 7.17. The molecular weight excluding hydrogens is 372 g/mol. The monoisotopic (exact) mass is 396 g/mol. The molecule has 1 aromatic heterocycles. The van der Waals surface area contributed by atoms with Crippen molar-refractivity contribution in [1.82, 2.24) is 20.2 Å². The number of ketones is 1. The lowest BCUT2D eigenvalue weighted by atomic mass is 9.92. The largest absolute Gasteiger partial charge is 0.494 e. The Balaban J connectivity index is 1.95. The maximum absolute atomic E-state index is 12.1. The molecule has 6 nitrogen and oxygen atoms in total. The van der Waals surface area contributed by atoms with E-state index in [4.69, 9.17) is 4.74 Å². The standard InChI is InChI=1S/C21H24N4O2S/c1-12-7-8-19(27-6)18(9-12)25-21(22-23-24-25)28-11-17-13(2)10-14(3)20(15(17)4)16(5)26/h7-10H,11H2,1-6H3. The van der Waals surface area contributed by atoms with Crippen molar-refractivity contribution < 1.29 is 9.53 Å². The van der Waals surface area contributed by atoms with Crippen LogP contribution in [0.2, 0.25) is 0 Å². The van der Waals surface area contributed by atoms with E-state index in [9.17, 15) is 4.79 Å². The van der Waals surface area contributed by atoms with Gasteiger partial charge in [0, 0.05) is 11.3 Å². The summed E-state index contributed by atoms with van der Waals surface area (Å²) in [7, 11) is 1.63. The molecule has 0 saturated heterocycles. The molecule has 0 aliphatic heterocycles. The highest BCUT2D eigenvalue weighted by Crippen LogP contribution is 2.31. The fraction of sp³-hybridized carbons (Fsp3) is 0.333. The summed E-state index contributed by atoms with van der Waals surface area (Å²) in [5.74, 6) is 1.48. The summed E-state index contributed by atoms with van der Waals surface area (Å²) >= 11 is 1.54. The van der Waals surface area contributed by atoms with E-state index in [-0.39, 0.29) is 5.78 Å². The van der Waals surface area contributed by atoms with E-state index < -0.39 is 0 Å². The number of carbonyl (C=O) groups excluding carboxylic acids is 1. The van der Waals surface area contributed by atoms with Crippen molar-refractivity contribution in [3.05, 3.63) is 57.6 Å². The number of hydrogen-bond donors (Lipinski definition) is 0. The lowest BCUT2D eigenvalue weighted by Crippen LogP contribution is -2.06. The van der Waals surface area contributed by atoms with Crippen molar-refractivity contribution in [1.29, 1.82) is 0 Å². The molecular formula is C21H24N4O2S. The van der Waals surface area contributed by atoms with Crippen LogP contribution in [-0.2, 0) is 5.75 Å². The molecule has 0 bridgehead atoms. The zero-order chi connectivity index (χ0) is 20.4. The van der Waals surface area contributed by atoms with Gasteiger partial charge in [-0.25, -0.2) is 0 Å². The maximum Gasteiger partial charge on any atom is 0.214 e. The molecule has 0 amide bonds. The summed E-state index contributed by atoms with van der Waals surface area (Å²) in [6.07, 6.45) is 0. The van der Waals surface area contributed by atoms with Gasteiger partial charge in [0.1, 0.15) is 11.4 Å². The van der Waals surface area contributed by atoms with Crippen LogP contribution in [0.5, 0.6) is 5.75 Å². The number of benzene rings is 2. The van der Waals surface area contributed by atoms with Crippen molar-refractivity contribution >= 4 is 17.5 Å². The van der Waals surface area contributed by atoms with Crippen LogP contribution in [-0.4, -0.2) is 33.1 Å². The van der Waals surface area contributed by atoms with Crippen molar-refractivity contribution in [2.75, 3.05) is 7.11 Å². The zero-order valence-corrected chi connectivity index (χ0v) is 17.8. The number of tetrazole rings is 1. The van der Waals surface area contributed by atoms with E-state index in [1.165, 1.54) is 5.56 Å². The van der Waals surface area contributed by atoms with Gasteiger partial charge in [-0.3, -0.25) is 4.79 Å².